The fraction of sp³-hybridized carbons (Fsp3) is 0.0625. The first-order valence-corrected chi connectivity index (χ1v) is 6.73. The molecule has 2 aromatic carbocycles. The van der Waals surface area contributed by atoms with E-state index in [0.717, 1.165) is 11.1 Å². The summed E-state index contributed by atoms with van der Waals surface area (Å²) in [5.74, 6) is -0.0306. The van der Waals surface area contributed by atoms with Crippen LogP contribution in [-0.4, -0.2) is 5.16 Å². The Morgan fingerprint density at radius 3 is 2.57 bits per heavy atom. The van der Waals surface area contributed by atoms with Crippen molar-refractivity contribution >= 4 is 17.4 Å². The SMILES string of the molecule is Cc1ccccc1-c1c(N)noc1-c1c(F)cccc1Cl. The molecule has 0 radical (unpaired) electrons. The van der Waals surface area contributed by atoms with E-state index in [1.54, 1.807) is 6.07 Å². The molecule has 3 nitrogen and oxygen atoms in total. The molecule has 106 valence electrons. The highest BCUT2D eigenvalue weighted by molar-refractivity contribution is 6.33. The Balaban J connectivity index is 2.31. The van der Waals surface area contributed by atoms with E-state index in [1.165, 1.54) is 12.1 Å². The maximum Gasteiger partial charge on any atom is 0.181 e. The molecule has 0 fully saturated rings. The number of halogens is 2. The number of rotatable bonds is 2. The van der Waals surface area contributed by atoms with Crippen LogP contribution < -0.4 is 5.73 Å². The van der Waals surface area contributed by atoms with E-state index < -0.39 is 5.82 Å². The second kappa shape index (κ2) is 5.22. The largest absolute Gasteiger partial charge is 0.380 e. The maximum absolute atomic E-state index is 14.1. The van der Waals surface area contributed by atoms with Crippen LogP contribution in [0.5, 0.6) is 0 Å². The number of benzene rings is 2. The molecule has 1 heterocycles. The van der Waals surface area contributed by atoms with Crippen LogP contribution >= 0.6 is 11.6 Å². The molecule has 0 aliphatic carbocycles. The van der Waals surface area contributed by atoms with Crippen LogP contribution in [0.25, 0.3) is 22.5 Å². The Kier molecular flexibility index (Phi) is 3.39. The minimum atomic E-state index is -0.478. The molecule has 0 aliphatic rings. The molecule has 1 aromatic heterocycles. The van der Waals surface area contributed by atoms with Gasteiger partial charge in [0.15, 0.2) is 11.6 Å². The molecule has 0 unspecified atom stereocenters. The molecule has 2 N–H and O–H groups in total. The van der Waals surface area contributed by atoms with E-state index in [-0.39, 0.29) is 22.2 Å². The molecule has 0 aliphatic heterocycles. The molecular formula is C16H12ClFN2O. The molecule has 3 rings (SSSR count). The zero-order chi connectivity index (χ0) is 15.0. The fourth-order valence-corrected chi connectivity index (χ4v) is 2.55. The van der Waals surface area contributed by atoms with E-state index in [2.05, 4.69) is 5.16 Å². The number of nitrogen functional groups attached to an aromatic ring is 1. The van der Waals surface area contributed by atoms with Gasteiger partial charge in [-0.3, -0.25) is 0 Å². The predicted molar refractivity (Wildman–Crippen MR) is 81.5 cm³/mol. The maximum atomic E-state index is 14.1. The Bertz CT molecular complexity index is 794. The molecule has 5 heteroatoms. The smallest absolute Gasteiger partial charge is 0.181 e. The van der Waals surface area contributed by atoms with Crippen molar-refractivity contribution in [2.75, 3.05) is 5.73 Å². The van der Waals surface area contributed by atoms with Gasteiger partial charge < -0.3 is 10.3 Å². The van der Waals surface area contributed by atoms with Gasteiger partial charge in [0.2, 0.25) is 0 Å². The number of anilines is 1. The minimum absolute atomic E-state index is 0.168. The minimum Gasteiger partial charge on any atom is -0.380 e. The molecule has 21 heavy (non-hydrogen) atoms. The first-order chi connectivity index (χ1) is 10.1. The summed E-state index contributed by atoms with van der Waals surface area (Å²) in [4.78, 5) is 0. The summed E-state index contributed by atoms with van der Waals surface area (Å²) in [5, 5.41) is 4.02. The quantitative estimate of drug-likeness (QED) is 0.747. The summed E-state index contributed by atoms with van der Waals surface area (Å²) in [7, 11) is 0. The highest BCUT2D eigenvalue weighted by Crippen LogP contribution is 2.41. The normalized spacial score (nSPS) is 10.8. The van der Waals surface area contributed by atoms with Gasteiger partial charge in [-0.1, -0.05) is 47.1 Å². The third-order valence-corrected chi connectivity index (χ3v) is 3.64. The van der Waals surface area contributed by atoms with Gasteiger partial charge >= 0.3 is 0 Å². The lowest BCUT2D eigenvalue weighted by atomic mass is 9.97. The first kappa shape index (κ1) is 13.6. The monoisotopic (exact) mass is 302 g/mol. The van der Waals surface area contributed by atoms with E-state index in [4.69, 9.17) is 21.9 Å². The van der Waals surface area contributed by atoms with Crippen molar-refractivity contribution in [2.45, 2.75) is 6.92 Å². The van der Waals surface area contributed by atoms with E-state index in [1.807, 2.05) is 31.2 Å². The van der Waals surface area contributed by atoms with E-state index >= 15 is 0 Å². The Hall–Kier alpha value is -2.33. The van der Waals surface area contributed by atoms with Crippen molar-refractivity contribution in [3.05, 3.63) is 58.9 Å². The lowest BCUT2D eigenvalue weighted by molar-refractivity contribution is 0.433. The average Bonchev–Trinajstić information content (AvgIpc) is 2.81. The first-order valence-electron chi connectivity index (χ1n) is 6.35. The molecule has 0 amide bonds. The van der Waals surface area contributed by atoms with Crippen molar-refractivity contribution in [1.29, 1.82) is 0 Å². The third-order valence-electron chi connectivity index (χ3n) is 3.32. The molecular weight excluding hydrogens is 291 g/mol. The van der Waals surface area contributed by atoms with Crippen LogP contribution in [0.1, 0.15) is 5.56 Å². The van der Waals surface area contributed by atoms with Gasteiger partial charge in [0.1, 0.15) is 5.82 Å². The van der Waals surface area contributed by atoms with Crippen molar-refractivity contribution < 1.29 is 8.91 Å². The second-order valence-electron chi connectivity index (χ2n) is 4.68. The molecule has 0 bridgehead atoms. The predicted octanol–water partition coefficient (Wildman–Crippen LogP) is 4.69. The molecule has 0 saturated heterocycles. The molecule has 0 spiro atoms. The van der Waals surface area contributed by atoms with Crippen molar-refractivity contribution in [1.82, 2.24) is 5.16 Å². The van der Waals surface area contributed by atoms with Gasteiger partial charge in [0.05, 0.1) is 16.1 Å². The summed E-state index contributed by atoms with van der Waals surface area (Å²) in [6.45, 7) is 1.94. The highest BCUT2D eigenvalue weighted by Gasteiger charge is 2.23. The van der Waals surface area contributed by atoms with Gasteiger partial charge in [0.25, 0.3) is 0 Å². The van der Waals surface area contributed by atoms with E-state index in [0.29, 0.717) is 5.56 Å². The number of hydrogen-bond donors (Lipinski definition) is 1. The number of aryl methyl sites for hydroxylation is 1. The van der Waals surface area contributed by atoms with Gasteiger partial charge in [0, 0.05) is 0 Å². The lowest BCUT2D eigenvalue weighted by Crippen LogP contribution is -1.92. The van der Waals surface area contributed by atoms with E-state index in [9.17, 15) is 4.39 Å². The number of hydrogen-bond acceptors (Lipinski definition) is 3. The van der Waals surface area contributed by atoms with Crippen molar-refractivity contribution in [3.8, 4) is 22.5 Å². The highest BCUT2D eigenvalue weighted by atomic mass is 35.5. The zero-order valence-electron chi connectivity index (χ0n) is 11.2. The number of nitrogens with two attached hydrogens (primary N) is 1. The van der Waals surface area contributed by atoms with Crippen LogP contribution in [0, 0.1) is 12.7 Å². The van der Waals surface area contributed by atoms with Crippen LogP contribution in [0.15, 0.2) is 47.0 Å². The Morgan fingerprint density at radius 2 is 1.86 bits per heavy atom. The lowest BCUT2D eigenvalue weighted by Gasteiger charge is -2.08. The molecule has 0 saturated carbocycles. The summed E-state index contributed by atoms with van der Waals surface area (Å²) in [5.41, 5.74) is 8.46. The average molecular weight is 303 g/mol. The van der Waals surface area contributed by atoms with Crippen LogP contribution in [0.3, 0.4) is 0 Å². The summed E-state index contributed by atoms with van der Waals surface area (Å²) in [6.07, 6.45) is 0. The summed E-state index contributed by atoms with van der Waals surface area (Å²) in [6, 6.07) is 12.1. The van der Waals surface area contributed by atoms with Crippen LogP contribution in [0.2, 0.25) is 5.02 Å². The van der Waals surface area contributed by atoms with Gasteiger partial charge in [-0.05, 0) is 30.2 Å². The van der Waals surface area contributed by atoms with Crippen LogP contribution in [0.4, 0.5) is 10.2 Å². The van der Waals surface area contributed by atoms with Gasteiger partial charge in [-0.15, -0.1) is 0 Å². The standard InChI is InChI=1S/C16H12ClFN2O/c1-9-5-2-3-6-10(9)13-15(21-20-16(13)19)14-11(17)7-4-8-12(14)18/h2-8H,1H3,(H2,19,20). The second-order valence-corrected chi connectivity index (χ2v) is 5.09. The molecule has 0 atom stereocenters. The number of aromatic nitrogens is 1. The van der Waals surface area contributed by atoms with Crippen molar-refractivity contribution in [3.63, 3.8) is 0 Å². The van der Waals surface area contributed by atoms with Gasteiger partial charge in [-0.2, -0.15) is 0 Å². The number of nitrogens with zero attached hydrogens (tertiary/aromatic N) is 1. The fourth-order valence-electron chi connectivity index (χ4n) is 2.30. The topological polar surface area (TPSA) is 52.0 Å². The Morgan fingerprint density at radius 1 is 1.10 bits per heavy atom. The third kappa shape index (κ3) is 2.28. The zero-order valence-corrected chi connectivity index (χ0v) is 12.0. The Labute approximate surface area is 126 Å². The van der Waals surface area contributed by atoms with Gasteiger partial charge in [-0.25, -0.2) is 4.39 Å². The van der Waals surface area contributed by atoms with Crippen LogP contribution in [-0.2, 0) is 0 Å². The summed E-state index contributed by atoms with van der Waals surface area (Å²) < 4.78 is 19.4. The van der Waals surface area contributed by atoms with Crippen molar-refractivity contribution in [2.24, 2.45) is 0 Å². The summed E-state index contributed by atoms with van der Waals surface area (Å²) >= 11 is 6.10. The molecule has 3 aromatic rings.